The van der Waals surface area contributed by atoms with Gasteiger partial charge in [-0.15, -0.1) is 22.9 Å². The van der Waals surface area contributed by atoms with Gasteiger partial charge in [0.25, 0.3) is 10.0 Å². The Bertz CT molecular complexity index is 950. The minimum Gasteiger partial charge on any atom is -0.280 e. The molecule has 3 rings (SSSR count). The van der Waals surface area contributed by atoms with Gasteiger partial charge < -0.3 is 0 Å². The van der Waals surface area contributed by atoms with Crippen LogP contribution >= 0.6 is 22.9 Å². The average Bonchev–Trinajstić information content (AvgIpc) is 2.92. The molecular formula is C17H17ClN2O2S2. The molecule has 0 spiro atoms. The van der Waals surface area contributed by atoms with Gasteiger partial charge in [0.2, 0.25) is 0 Å². The zero-order valence-corrected chi connectivity index (χ0v) is 15.5. The molecule has 0 unspecified atom stereocenters. The Kier molecular flexibility index (Phi) is 5.08. The number of anilines is 1. The lowest BCUT2D eigenvalue weighted by Crippen LogP contribution is -2.12. The van der Waals surface area contributed by atoms with E-state index in [1.165, 1.54) is 0 Å². The van der Waals surface area contributed by atoms with Crippen LogP contribution in [0.3, 0.4) is 0 Å². The number of halogens is 1. The maximum absolute atomic E-state index is 12.5. The molecule has 0 aliphatic carbocycles. The Morgan fingerprint density at radius 1 is 1.17 bits per heavy atom. The van der Waals surface area contributed by atoms with Gasteiger partial charge in [-0.05, 0) is 55.7 Å². The molecule has 3 aromatic rings. The standard InChI is InChI=1S/C17H17ClN2O2S2/c1-12-19-16-9-6-14(11-17(16)23-12)20-24(21,22)15-7-4-13(5-8-15)3-2-10-18/h4-9,11,20H,2-3,10H2,1H3. The highest BCUT2D eigenvalue weighted by Crippen LogP contribution is 2.26. The van der Waals surface area contributed by atoms with Crippen LogP contribution in [0.15, 0.2) is 47.4 Å². The van der Waals surface area contributed by atoms with E-state index in [0.29, 0.717) is 11.6 Å². The van der Waals surface area contributed by atoms with Crippen molar-refractivity contribution in [3.63, 3.8) is 0 Å². The lowest BCUT2D eigenvalue weighted by atomic mass is 10.1. The van der Waals surface area contributed by atoms with E-state index in [4.69, 9.17) is 11.6 Å². The lowest BCUT2D eigenvalue weighted by Gasteiger charge is -2.09. The summed E-state index contributed by atoms with van der Waals surface area (Å²) >= 11 is 7.22. The summed E-state index contributed by atoms with van der Waals surface area (Å²) in [6, 6.07) is 12.3. The molecule has 1 N–H and O–H groups in total. The van der Waals surface area contributed by atoms with Gasteiger partial charge in [-0.3, -0.25) is 4.72 Å². The first-order valence-corrected chi connectivity index (χ1v) is 10.4. The summed E-state index contributed by atoms with van der Waals surface area (Å²) in [5.41, 5.74) is 2.50. The van der Waals surface area contributed by atoms with Gasteiger partial charge in [0.1, 0.15) is 0 Å². The normalized spacial score (nSPS) is 11.8. The smallest absolute Gasteiger partial charge is 0.261 e. The number of thiazole rings is 1. The molecule has 0 saturated heterocycles. The number of aryl methyl sites for hydroxylation is 2. The first-order chi connectivity index (χ1) is 11.5. The first-order valence-electron chi connectivity index (χ1n) is 7.53. The van der Waals surface area contributed by atoms with E-state index in [0.717, 1.165) is 33.6 Å². The van der Waals surface area contributed by atoms with Crippen LogP contribution in [0.25, 0.3) is 10.2 Å². The SMILES string of the molecule is Cc1nc2ccc(NS(=O)(=O)c3ccc(CCCCl)cc3)cc2s1. The molecule has 0 aliphatic heterocycles. The van der Waals surface area contributed by atoms with Gasteiger partial charge in [0, 0.05) is 5.88 Å². The third-order valence-corrected chi connectivity index (χ3v) is 6.18. The van der Waals surface area contributed by atoms with E-state index < -0.39 is 10.0 Å². The number of fused-ring (bicyclic) bond motifs is 1. The maximum Gasteiger partial charge on any atom is 0.261 e. The number of aromatic nitrogens is 1. The largest absolute Gasteiger partial charge is 0.280 e. The number of benzene rings is 2. The number of nitrogens with zero attached hydrogens (tertiary/aromatic N) is 1. The fourth-order valence-corrected chi connectivity index (χ4v) is 4.47. The predicted octanol–water partition coefficient (Wildman–Crippen LogP) is 4.58. The number of alkyl halides is 1. The molecule has 4 nitrogen and oxygen atoms in total. The summed E-state index contributed by atoms with van der Waals surface area (Å²) in [4.78, 5) is 4.62. The van der Waals surface area contributed by atoms with Gasteiger partial charge in [-0.1, -0.05) is 12.1 Å². The molecule has 0 saturated carbocycles. The van der Waals surface area contributed by atoms with Crippen LogP contribution in [0.4, 0.5) is 5.69 Å². The fraction of sp³-hybridized carbons (Fsp3) is 0.235. The second kappa shape index (κ2) is 7.09. The summed E-state index contributed by atoms with van der Waals surface area (Å²) in [6.07, 6.45) is 1.72. The molecule has 0 amide bonds. The summed E-state index contributed by atoms with van der Waals surface area (Å²) < 4.78 is 28.6. The quantitative estimate of drug-likeness (QED) is 0.637. The first kappa shape index (κ1) is 17.2. The summed E-state index contributed by atoms with van der Waals surface area (Å²) in [5, 5.41) is 0.956. The Morgan fingerprint density at radius 3 is 2.62 bits per heavy atom. The van der Waals surface area contributed by atoms with Gasteiger partial charge in [0.15, 0.2) is 0 Å². The minimum absolute atomic E-state index is 0.248. The van der Waals surface area contributed by atoms with Crippen molar-refractivity contribution in [2.24, 2.45) is 0 Å². The molecule has 1 heterocycles. The van der Waals surface area contributed by atoms with Crippen LogP contribution < -0.4 is 4.72 Å². The minimum atomic E-state index is -3.60. The van der Waals surface area contributed by atoms with Crippen molar-refractivity contribution in [3.05, 3.63) is 53.0 Å². The average molecular weight is 381 g/mol. The van der Waals surface area contributed by atoms with E-state index in [2.05, 4.69) is 9.71 Å². The molecule has 0 bridgehead atoms. The van der Waals surface area contributed by atoms with Gasteiger partial charge in [-0.2, -0.15) is 0 Å². The van der Waals surface area contributed by atoms with Crippen molar-refractivity contribution in [1.82, 2.24) is 4.98 Å². The zero-order chi connectivity index (χ0) is 17.2. The van der Waals surface area contributed by atoms with E-state index in [1.807, 2.05) is 31.2 Å². The van der Waals surface area contributed by atoms with E-state index in [9.17, 15) is 8.42 Å². The molecule has 24 heavy (non-hydrogen) atoms. The van der Waals surface area contributed by atoms with Crippen molar-refractivity contribution < 1.29 is 8.42 Å². The predicted molar refractivity (Wildman–Crippen MR) is 101 cm³/mol. The number of rotatable bonds is 6. The van der Waals surface area contributed by atoms with Crippen LogP contribution in [0, 0.1) is 6.92 Å². The molecule has 126 valence electrons. The number of hydrogen-bond acceptors (Lipinski definition) is 4. The Balaban J connectivity index is 1.81. The molecule has 0 radical (unpaired) electrons. The van der Waals surface area contributed by atoms with Crippen LogP contribution in [-0.2, 0) is 16.4 Å². The van der Waals surface area contributed by atoms with Crippen LogP contribution in [-0.4, -0.2) is 19.3 Å². The molecular weight excluding hydrogens is 364 g/mol. The van der Waals surface area contributed by atoms with Crippen LogP contribution in [0.2, 0.25) is 0 Å². The zero-order valence-electron chi connectivity index (χ0n) is 13.1. The fourth-order valence-electron chi connectivity index (χ4n) is 2.42. The van der Waals surface area contributed by atoms with Crippen molar-refractivity contribution in [2.75, 3.05) is 10.6 Å². The van der Waals surface area contributed by atoms with Crippen molar-refractivity contribution in [3.8, 4) is 0 Å². The molecule has 2 aromatic carbocycles. The lowest BCUT2D eigenvalue weighted by molar-refractivity contribution is 0.601. The van der Waals surface area contributed by atoms with E-state index in [1.54, 1.807) is 29.5 Å². The summed E-state index contributed by atoms with van der Waals surface area (Å²) in [7, 11) is -3.60. The maximum atomic E-state index is 12.5. The molecule has 7 heteroatoms. The highest BCUT2D eigenvalue weighted by atomic mass is 35.5. The second-order valence-electron chi connectivity index (χ2n) is 5.46. The monoisotopic (exact) mass is 380 g/mol. The van der Waals surface area contributed by atoms with Crippen LogP contribution in [0.5, 0.6) is 0 Å². The molecule has 1 aromatic heterocycles. The van der Waals surface area contributed by atoms with Gasteiger partial charge in [-0.25, -0.2) is 13.4 Å². The highest BCUT2D eigenvalue weighted by Gasteiger charge is 2.14. The van der Waals surface area contributed by atoms with Crippen molar-refractivity contribution in [1.29, 1.82) is 0 Å². The van der Waals surface area contributed by atoms with Crippen LogP contribution in [0.1, 0.15) is 17.0 Å². The topological polar surface area (TPSA) is 59.1 Å². The molecule has 0 aliphatic rings. The number of sulfonamides is 1. The number of hydrogen-bond donors (Lipinski definition) is 1. The van der Waals surface area contributed by atoms with Crippen molar-refractivity contribution >= 4 is 48.9 Å². The third kappa shape index (κ3) is 3.88. The van der Waals surface area contributed by atoms with E-state index >= 15 is 0 Å². The Labute approximate surface area is 150 Å². The van der Waals surface area contributed by atoms with Gasteiger partial charge >= 0.3 is 0 Å². The highest BCUT2D eigenvalue weighted by molar-refractivity contribution is 7.92. The number of nitrogens with one attached hydrogen (secondary N) is 1. The summed E-state index contributed by atoms with van der Waals surface area (Å²) in [6.45, 7) is 1.93. The Morgan fingerprint density at radius 2 is 1.92 bits per heavy atom. The Hall–Kier alpha value is -1.63. The summed E-state index contributed by atoms with van der Waals surface area (Å²) in [5.74, 6) is 0.598. The van der Waals surface area contributed by atoms with E-state index in [-0.39, 0.29) is 4.90 Å². The second-order valence-corrected chi connectivity index (χ2v) is 8.75. The molecule has 0 atom stereocenters. The third-order valence-electron chi connectivity index (χ3n) is 3.58. The molecule has 0 fully saturated rings. The van der Waals surface area contributed by atoms with Crippen molar-refractivity contribution in [2.45, 2.75) is 24.7 Å². The van der Waals surface area contributed by atoms with Gasteiger partial charge in [0.05, 0.1) is 25.8 Å².